The summed E-state index contributed by atoms with van der Waals surface area (Å²) in [5, 5.41) is 10.3. The minimum absolute atomic E-state index is 0.385. The fraction of sp³-hybridized carbons (Fsp3) is 0.154. The molecule has 0 saturated carbocycles. The standard InChI is InChI=1S/C13H11BrClNO2/c1-8(17)10-3-2-6-16-13(10)18-12-5-4-9(15)7-11(12)14/h2-8,17H,1H3/t8-/m1/s1. The first-order valence-corrected chi connectivity index (χ1v) is 6.51. The van der Waals surface area contributed by atoms with Crippen LogP contribution in [-0.4, -0.2) is 10.1 Å². The van der Waals surface area contributed by atoms with Gasteiger partial charge in [0, 0.05) is 16.8 Å². The number of hydrogen-bond donors (Lipinski definition) is 1. The van der Waals surface area contributed by atoms with E-state index in [9.17, 15) is 5.11 Å². The highest BCUT2D eigenvalue weighted by molar-refractivity contribution is 9.10. The van der Waals surface area contributed by atoms with Gasteiger partial charge < -0.3 is 9.84 Å². The molecule has 0 aliphatic carbocycles. The summed E-state index contributed by atoms with van der Waals surface area (Å²) in [4.78, 5) is 4.12. The Labute approximate surface area is 119 Å². The molecule has 3 nitrogen and oxygen atoms in total. The highest BCUT2D eigenvalue weighted by atomic mass is 79.9. The number of aliphatic hydroxyl groups is 1. The molecule has 2 aromatic rings. The van der Waals surface area contributed by atoms with Crippen molar-refractivity contribution in [3.05, 3.63) is 51.6 Å². The van der Waals surface area contributed by atoms with Crippen LogP contribution < -0.4 is 4.74 Å². The summed E-state index contributed by atoms with van der Waals surface area (Å²) in [5.74, 6) is 0.982. The van der Waals surface area contributed by atoms with Gasteiger partial charge in [-0.3, -0.25) is 0 Å². The molecule has 0 fully saturated rings. The van der Waals surface area contributed by atoms with Gasteiger partial charge in [-0.2, -0.15) is 0 Å². The highest BCUT2D eigenvalue weighted by Crippen LogP contribution is 2.33. The third-order valence-electron chi connectivity index (χ3n) is 2.35. The molecule has 0 unspecified atom stereocenters. The summed E-state index contributed by atoms with van der Waals surface area (Å²) in [7, 11) is 0. The fourth-order valence-corrected chi connectivity index (χ4v) is 2.23. The summed E-state index contributed by atoms with van der Waals surface area (Å²) < 4.78 is 6.41. The van der Waals surface area contributed by atoms with Crippen LogP contribution >= 0.6 is 27.5 Å². The van der Waals surface area contributed by atoms with Crippen LogP contribution in [0, 0.1) is 0 Å². The maximum Gasteiger partial charge on any atom is 0.225 e. The predicted octanol–water partition coefficient (Wildman–Crippen LogP) is 4.34. The Hall–Kier alpha value is -1.10. The third kappa shape index (κ3) is 3.02. The first-order valence-electron chi connectivity index (χ1n) is 5.34. The molecule has 0 spiro atoms. The van der Waals surface area contributed by atoms with Crippen LogP contribution in [0.15, 0.2) is 41.0 Å². The molecule has 1 N–H and O–H groups in total. The molecule has 2 rings (SSSR count). The van der Waals surface area contributed by atoms with Crippen molar-refractivity contribution in [2.24, 2.45) is 0 Å². The van der Waals surface area contributed by atoms with Crippen molar-refractivity contribution in [2.75, 3.05) is 0 Å². The van der Waals surface area contributed by atoms with Crippen LogP contribution in [-0.2, 0) is 0 Å². The molecule has 1 aromatic heterocycles. The van der Waals surface area contributed by atoms with Gasteiger partial charge in [-0.25, -0.2) is 4.98 Å². The quantitative estimate of drug-likeness (QED) is 0.911. The molecule has 0 aliphatic rings. The molecule has 0 amide bonds. The van der Waals surface area contributed by atoms with Crippen molar-refractivity contribution in [2.45, 2.75) is 13.0 Å². The van der Waals surface area contributed by atoms with Gasteiger partial charge in [0.2, 0.25) is 5.88 Å². The average Bonchev–Trinajstić information content (AvgIpc) is 2.33. The fourth-order valence-electron chi connectivity index (χ4n) is 1.47. The van der Waals surface area contributed by atoms with E-state index in [1.165, 1.54) is 0 Å². The van der Waals surface area contributed by atoms with Crippen LogP contribution in [0.3, 0.4) is 0 Å². The van der Waals surface area contributed by atoms with Crippen molar-refractivity contribution in [1.82, 2.24) is 4.98 Å². The molecule has 0 bridgehead atoms. The van der Waals surface area contributed by atoms with Gasteiger partial charge in [0.25, 0.3) is 0 Å². The molecule has 1 atom stereocenters. The predicted molar refractivity (Wildman–Crippen MR) is 74.1 cm³/mol. The van der Waals surface area contributed by atoms with Gasteiger partial charge in [0.05, 0.1) is 10.6 Å². The zero-order valence-corrected chi connectivity index (χ0v) is 11.9. The van der Waals surface area contributed by atoms with Crippen LogP contribution in [0.4, 0.5) is 0 Å². The van der Waals surface area contributed by atoms with Crippen LogP contribution in [0.5, 0.6) is 11.6 Å². The Kier molecular flexibility index (Phi) is 4.22. The number of pyridine rings is 1. The molecular formula is C13H11BrClNO2. The number of halogens is 2. The van der Waals surface area contributed by atoms with E-state index >= 15 is 0 Å². The normalized spacial score (nSPS) is 12.2. The molecule has 94 valence electrons. The Morgan fingerprint density at radius 3 is 2.83 bits per heavy atom. The second-order valence-corrected chi connectivity index (χ2v) is 5.04. The number of hydrogen-bond acceptors (Lipinski definition) is 3. The van der Waals surface area contributed by atoms with Crippen molar-refractivity contribution < 1.29 is 9.84 Å². The van der Waals surface area contributed by atoms with E-state index in [1.54, 1.807) is 43.5 Å². The monoisotopic (exact) mass is 327 g/mol. The number of ether oxygens (including phenoxy) is 1. The summed E-state index contributed by atoms with van der Waals surface area (Å²) in [6, 6.07) is 8.74. The SMILES string of the molecule is C[C@@H](O)c1cccnc1Oc1ccc(Cl)cc1Br. The Balaban J connectivity index is 2.34. The minimum atomic E-state index is -0.639. The van der Waals surface area contributed by atoms with Gasteiger partial charge >= 0.3 is 0 Å². The zero-order valence-electron chi connectivity index (χ0n) is 9.60. The Morgan fingerprint density at radius 1 is 1.39 bits per heavy atom. The van der Waals surface area contributed by atoms with Crippen LogP contribution in [0.25, 0.3) is 0 Å². The van der Waals surface area contributed by atoms with Gasteiger partial charge in [0.1, 0.15) is 5.75 Å². The number of aromatic nitrogens is 1. The lowest BCUT2D eigenvalue weighted by Gasteiger charge is -2.12. The summed E-state index contributed by atoms with van der Waals surface area (Å²) >= 11 is 9.23. The van der Waals surface area contributed by atoms with Crippen LogP contribution in [0.2, 0.25) is 5.02 Å². The van der Waals surface area contributed by atoms with Crippen molar-refractivity contribution in [3.8, 4) is 11.6 Å². The van der Waals surface area contributed by atoms with Gasteiger partial charge in [-0.15, -0.1) is 0 Å². The molecule has 0 radical (unpaired) electrons. The smallest absolute Gasteiger partial charge is 0.225 e. The molecule has 0 aliphatic heterocycles. The first-order chi connectivity index (χ1) is 8.58. The maximum absolute atomic E-state index is 9.64. The Bertz CT molecular complexity index is 560. The first kappa shape index (κ1) is 13.3. The Morgan fingerprint density at radius 2 is 2.17 bits per heavy atom. The van der Waals surface area contributed by atoms with Crippen molar-refractivity contribution in [1.29, 1.82) is 0 Å². The van der Waals surface area contributed by atoms with E-state index in [0.717, 1.165) is 4.47 Å². The number of benzene rings is 1. The molecule has 5 heteroatoms. The summed E-state index contributed by atoms with van der Waals surface area (Å²) in [6.45, 7) is 1.67. The third-order valence-corrected chi connectivity index (χ3v) is 3.21. The average molecular weight is 329 g/mol. The van der Waals surface area contributed by atoms with E-state index in [1.807, 2.05) is 0 Å². The lowest BCUT2D eigenvalue weighted by molar-refractivity contribution is 0.194. The number of nitrogens with zero attached hydrogens (tertiary/aromatic N) is 1. The topological polar surface area (TPSA) is 42.4 Å². The second-order valence-electron chi connectivity index (χ2n) is 3.75. The maximum atomic E-state index is 9.64. The van der Waals surface area contributed by atoms with Crippen LogP contribution in [0.1, 0.15) is 18.6 Å². The lowest BCUT2D eigenvalue weighted by atomic mass is 10.2. The largest absolute Gasteiger partial charge is 0.437 e. The highest BCUT2D eigenvalue weighted by Gasteiger charge is 2.12. The zero-order chi connectivity index (χ0) is 13.1. The lowest BCUT2D eigenvalue weighted by Crippen LogP contribution is -1.98. The van der Waals surface area contributed by atoms with Gasteiger partial charge in [-0.1, -0.05) is 11.6 Å². The molecule has 1 aromatic carbocycles. The number of aliphatic hydroxyl groups excluding tert-OH is 1. The number of rotatable bonds is 3. The van der Waals surface area contributed by atoms with Gasteiger partial charge in [0.15, 0.2) is 0 Å². The van der Waals surface area contributed by atoms with E-state index in [4.69, 9.17) is 16.3 Å². The summed E-state index contributed by atoms with van der Waals surface area (Å²) in [5.41, 5.74) is 0.638. The van der Waals surface area contributed by atoms with Crippen molar-refractivity contribution >= 4 is 27.5 Å². The molecule has 1 heterocycles. The summed E-state index contributed by atoms with van der Waals surface area (Å²) in [6.07, 6.45) is 0.977. The van der Waals surface area contributed by atoms with Crippen molar-refractivity contribution in [3.63, 3.8) is 0 Å². The van der Waals surface area contributed by atoms with E-state index in [0.29, 0.717) is 22.2 Å². The molecular weight excluding hydrogens is 318 g/mol. The second kappa shape index (κ2) is 5.69. The minimum Gasteiger partial charge on any atom is -0.437 e. The van der Waals surface area contributed by atoms with E-state index in [2.05, 4.69) is 20.9 Å². The van der Waals surface area contributed by atoms with E-state index in [-0.39, 0.29) is 0 Å². The molecule has 0 saturated heterocycles. The van der Waals surface area contributed by atoms with E-state index < -0.39 is 6.10 Å². The molecule has 18 heavy (non-hydrogen) atoms. The van der Waals surface area contributed by atoms with Gasteiger partial charge in [-0.05, 0) is 53.2 Å².